The zero-order valence-corrected chi connectivity index (χ0v) is 10.4. The van der Waals surface area contributed by atoms with Crippen LogP contribution in [0, 0.1) is 0 Å². The Labute approximate surface area is 102 Å². The lowest BCUT2D eigenvalue weighted by molar-refractivity contribution is -0.142. The SMILES string of the molecule is C[C@@H]1OC(=O)[C@](C)(S(=O)c2ccccc2)[C@@H]1O. The van der Waals surface area contributed by atoms with Gasteiger partial charge in [0.25, 0.3) is 0 Å². The summed E-state index contributed by atoms with van der Waals surface area (Å²) in [5.41, 5.74) is 0. The minimum absolute atomic E-state index is 0.514. The molecule has 17 heavy (non-hydrogen) atoms. The van der Waals surface area contributed by atoms with Crippen LogP contribution < -0.4 is 0 Å². The molecule has 0 amide bonds. The highest BCUT2D eigenvalue weighted by atomic mass is 32.2. The molecule has 5 heteroatoms. The van der Waals surface area contributed by atoms with E-state index >= 15 is 0 Å². The first kappa shape index (κ1) is 12.3. The molecule has 0 aromatic heterocycles. The number of cyclic esters (lactones) is 1. The van der Waals surface area contributed by atoms with Crippen molar-refractivity contribution < 1.29 is 18.8 Å². The van der Waals surface area contributed by atoms with Crippen LogP contribution in [0.4, 0.5) is 0 Å². The maximum Gasteiger partial charge on any atom is 0.328 e. The van der Waals surface area contributed by atoms with Gasteiger partial charge in [0, 0.05) is 4.90 Å². The van der Waals surface area contributed by atoms with E-state index < -0.39 is 33.7 Å². The Balaban J connectivity index is 2.40. The van der Waals surface area contributed by atoms with Crippen molar-refractivity contribution in [1.82, 2.24) is 0 Å². The van der Waals surface area contributed by atoms with Crippen LogP contribution in [0.15, 0.2) is 35.2 Å². The standard InChI is InChI=1S/C12H14O4S/c1-8-10(13)12(2,11(14)16-8)17(15)9-6-4-3-5-7-9/h3-8,10,13H,1-2H3/t8-,10+,12+,17?/m0/s1. The van der Waals surface area contributed by atoms with Gasteiger partial charge in [0.2, 0.25) is 0 Å². The molecule has 1 aliphatic rings. The lowest BCUT2D eigenvalue weighted by atomic mass is 10.0. The van der Waals surface area contributed by atoms with Crippen LogP contribution in [0.5, 0.6) is 0 Å². The Morgan fingerprint density at radius 3 is 2.41 bits per heavy atom. The van der Waals surface area contributed by atoms with Gasteiger partial charge in [-0.15, -0.1) is 0 Å². The number of rotatable bonds is 2. The second kappa shape index (κ2) is 4.23. The van der Waals surface area contributed by atoms with Crippen molar-refractivity contribution >= 4 is 16.8 Å². The lowest BCUT2D eigenvalue weighted by Crippen LogP contribution is -2.46. The van der Waals surface area contributed by atoms with E-state index in [2.05, 4.69) is 0 Å². The quantitative estimate of drug-likeness (QED) is 0.795. The average molecular weight is 254 g/mol. The zero-order valence-electron chi connectivity index (χ0n) is 9.62. The smallest absolute Gasteiger partial charge is 0.328 e. The Kier molecular flexibility index (Phi) is 3.05. The number of ether oxygens (including phenoxy) is 1. The molecule has 92 valence electrons. The summed E-state index contributed by atoms with van der Waals surface area (Å²) in [4.78, 5) is 12.3. The third-order valence-electron chi connectivity index (χ3n) is 3.05. The molecule has 0 saturated carbocycles. The summed E-state index contributed by atoms with van der Waals surface area (Å²) >= 11 is 0. The van der Waals surface area contributed by atoms with Crippen molar-refractivity contribution in [2.24, 2.45) is 0 Å². The molecule has 1 fully saturated rings. The van der Waals surface area contributed by atoms with E-state index in [1.54, 1.807) is 37.3 Å². The molecule has 1 aliphatic heterocycles. The minimum Gasteiger partial charge on any atom is -0.459 e. The van der Waals surface area contributed by atoms with Gasteiger partial charge in [-0.05, 0) is 26.0 Å². The summed E-state index contributed by atoms with van der Waals surface area (Å²) in [7, 11) is -1.63. The van der Waals surface area contributed by atoms with E-state index in [0.717, 1.165) is 0 Å². The second-order valence-corrected chi connectivity index (χ2v) is 6.10. The molecule has 0 spiro atoms. The van der Waals surface area contributed by atoms with Gasteiger partial charge in [0.05, 0.1) is 10.8 Å². The Hall–Kier alpha value is -1.20. The molecule has 1 aromatic carbocycles. The van der Waals surface area contributed by atoms with Gasteiger partial charge in [-0.2, -0.15) is 0 Å². The fourth-order valence-corrected chi connectivity index (χ4v) is 3.40. The summed E-state index contributed by atoms with van der Waals surface area (Å²) in [6, 6.07) is 8.63. The summed E-state index contributed by atoms with van der Waals surface area (Å²) in [6.45, 7) is 3.07. The van der Waals surface area contributed by atoms with Gasteiger partial charge >= 0.3 is 5.97 Å². The molecule has 0 radical (unpaired) electrons. The molecule has 1 unspecified atom stereocenters. The highest BCUT2D eigenvalue weighted by Gasteiger charge is 2.56. The summed E-state index contributed by atoms with van der Waals surface area (Å²) in [5.74, 6) is -0.611. The fourth-order valence-electron chi connectivity index (χ4n) is 1.89. The predicted octanol–water partition coefficient (Wildman–Crippen LogP) is 0.859. The topological polar surface area (TPSA) is 63.6 Å². The number of esters is 1. The van der Waals surface area contributed by atoms with Crippen molar-refractivity contribution in [3.05, 3.63) is 30.3 Å². The third kappa shape index (κ3) is 1.79. The molecular formula is C12H14O4S. The molecule has 1 saturated heterocycles. The number of carbonyl (C=O) groups excluding carboxylic acids is 1. The van der Waals surface area contributed by atoms with Crippen molar-refractivity contribution in [3.63, 3.8) is 0 Å². The predicted molar refractivity (Wildman–Crippen MR) is 62.8 cm³/mol. The molecule has 0 bridgehead atoms. The van der Waals surface area contributed by atoms with Gasteiger partial charge in [0.15, 0.2) is 4.75 Å². The highest BCUT2D eigenvalue weighted by Crippen LogP contribution is 2.34. The Bertz CT molecular complexity index is 459. The summed E-state index contributed by atoms with van der Waals surface area (Å²) in [6.07, 6.45) is -1.68. The van der Waals surface area contributed by atoms with Crippen molar-refractivity contribution in [1.29, 1.82) is 0 Å². The van der Waals surface area contributed by atoms with Crippen LogP contribution in [0.2, 0.25) is 0 Å². The average Bonchev–Trinajstić information content (AvgIpc) is 2.54. The number of hydrogen-bond donors (Lipinski definition) is 1. The third-order valence-corrected chi connectivity index (χ3v) is 4.93. The molecule has 4 atom stereocenters. The van der Waals surface area contributed by atoms with Gasteiger partial charge in [-0.1, -0.05) is 18.2 Å². The molecule has 1 aromatic rings. The van der Waals surface area contributed by atoms with E-state index in [1.165, 1.54) is 6.92 Å². The molecule has 2 rings (SSSR count). The molecule has 1 N–H and O–H groups in total. The van der Waals surface area contributed by atoms with Crippen LogP contribution >= 0.6 is 0 Å². The number of benzene rings is 1. The largest absolute Gasteiger partial charge is 0.459 e. The Morgan fingerprint density at radius 2 is 1.94 bits per heavy atom. The van der Waals surface area contributed by atoms with Crippen molar-refractivity contribution in [2.75, 3.05) is 0 Å². The van der Waals surface area contributed by atoms with Crippen molar-refractivity contribution in [2.45, 2.75) is 35.7 Å². The number of aliphatic hydroxyl groups is 1. The lowest BCUT2D eigenvalue weighted by Gasteiger charge is -2.22. The maximum absolute atomic E-state index is 12.4. The van der Waals surface area contributed by atoms with Crippen LogP contribution in [-0.2, 0) is 20.3 Å². The van der Waals surface area contributed by atoms with Gasteiger partial charge in [0.1, 0.15) is 12.2 Å². The van der Waals surface area contributed by atoms with Gasteiger partial charge < -0.3 is 9.84 Å². The zero-order chi connectivity index (χ0) is 12.6. The normalized spacial score (nSPS) is 34.4. The highest BCUT2D eigenvalue weighted by molar-refractivity contribution is 7.87. The second-order valence-electron chi connectivity index (χ2n) is 4.24. The number of hydrogen-bond acceptors (Lipinski definition) is 4. The number of aliphatic hydroxyl groups excluding tert-OH is 1. The Morgan fingerprint density at radius 1 is 1.35 bits per heavy atom. The first-order valence-corrected chi connectivity index (χ1v) is 6.49. The molecular weight excluding hydrogens is 240 g/mol. The van der Waals surface area contributed by atoms with Crippen LogP contribution in [0.25, 0.3) is 0 Å². The first-order valence-electron chi connectivity index (χ1n) is 5.34. The van der Waals surface area contributed by atoms with Gasteiger partial charge in [-0.3, -0.25) is 9.00 Å². The summed E-state index contributed by atoms with van der Waals surface area (Å²) in [5, 5.41) is 9.98. The van der Waals surface area contributed by atoms with Crippen LogP contribution in [0.3, 0.4) is 0 Å². The van der Waals surface area contributed by atoms with E-state index in [9.17, 15) is 14.1 Å². The monoisotopic (exact) mass is 254 g/mol. The van der Waals surface area contributed by atoms with E-state index in [0.29, 0.717) is 4.90 Å². The number of carbonyl (C=O) groups is 1. The minimum atomic E-state index is -1.63. The van der Waals surface area contributed by atoms with E-state index in [1.807, 2.05) is 0 Å². The molecule has 1 heterocycles. The van der Waals surface area contributed by atoms with Gasteiger partial charge in [-0.25, -0.2) is 0 Å². The first-order chi connectivity index (χ1) is 7.98. The van der Waals surface area contributed by atoms with Crippen molar-refractivity contribution in [3.8, 4) is 0 Å². The molecule has 4 nitrogen and oxygen atoms in total. The molecule has 0 aliphatic carbocycles. The van der Waals surface area contributed by atoms with Crippen LogP contribution in [-0.4, -0.2) is 32.2 Å². The summed E-state index contributed by atoms with van der Waals surface area (Å²) < 4.78 is 15.9. The van der Waals surface area contributed by atoms with Crippen LogP contribution in [0.1, 0.15) is 13.8 Å². The fraction of sp³-hybridized carbons (Fsp3) is 0.417. The maximum atomic E-state index is 12.4. The van der Waals surface area contributed by atoms with E-state index in [4.69, 9.17) is 4.74 Å². The van der Waals surface area contributed by atoms with E-state index in [-0.39, 0.29) is 0 Å².